The standard InChI is InChI=1S/C20H23F3N4O2.HI/c1-24-19(26-12-14-6-7-25-18(10-14)28-2)27-8-9-29-17(13-27)15-4-3-5-16(11-15)20(21,22)23;/h3-7,10-11,17H,8-9,12-13H2,1-2H3,(H,24,26);1H. The van der Waals surface area contributed by atoms with E-state index < -0.39 is 17.8 Å². The number of hydrogen-bond acceptors (Lipinski definition) is 4. The average Bonchev–Trinajstić information content (AvgIpc) is 2.74. The number of benzene rings is 1. The quantitative estimate of drug-likeness (QED) is 0.366. The average molecular weight is 536 g/mol. The largest absolute Gasteiger partial charge is 0.481 e. The summed E-state index contributed by atoms with van der Waals surface area (Å²) in [5.41, 5.74) is 0.796. The van der Waals surface area contributed by atoms with Crippen LogP contribution in [0.15, 0.2) is 47.6 Å². The molecule has 1 aromatic carbocycles. The van der Waals surface area contributed by atoms with E-state index in [2.05, 4.69) is 15.3 Å². The number of aliphatic imine (C=N–C) groups is 1. The van der Waals surface area contributed by atoms with Crippen LogP contribution < -0.4 is 10.1 Å². The van der Waals surface area contributed by atoms with Crippen LogP contribution in [0.5, 0.6) is 5.88 Å². The number of ether oxygens (including phenoxy) is 2. The minimum absolute atomic E-state index is 0. The Kier molecular flexibility index (Phi) is 8.71. The van der Waals surface area contributed by atoms with Crippen molar-refractivity contribution in [3.05, 3.63) is 59.3 Å². The molecular weight excluding hydrogens is 512 g/mol. The van der Waals surface area contributed by atoms with Crippen LogP contribution in [0.2, 0.25) is 0 Å². The molecule has 0 aliphatic carbocycles. The molecule has 0 amide bonds. The maximum Gasteiger partial charge on any atom is 0.416 e. The van der Waals surface area contributed by atoms with Gasteiger partial charge in [-0.3, -0.25) is 4.99 Å². The second-order valence-corrected chi connectivity index (χ2v) is 6.54. The van der Waals surface area contributed by atoms with Crippen LogP contribution >= 0.6 is 24.0 Å². The van der Waals surface area contributed by atoms with Crippen molar-refractivity contribution in [1.29, 1.82) is 0 Å². The van der Waals surface area contributed by atoms with E-state index in [9.17, 15) is 13.2 Å². The number of morpholine rings is 1. The second kappa shape index (κ2) is 10.8. The Bertz CT molecular complexity index is 864. The van der Waals surface area contributed by atoms with Crippen LogP contribution in [-0.4, -0.2) is 49.7 Å². The first-order valence-electron chi connectivity index (χ1n) is 9.14. The summed E-state index contributed by atoms with van der Waals surface area (Å²) in [6.45, 7) is 1.90. The highest BCUT2D eigenvalue weighted by molar-refractivity contribution is 14.0. The topological polar surface area (TPSA) is 59.0 Å². The molecule has 1 aliphatic heterocycles. The lowest BCUT2D eigenvalue weighted by atomic mass is 10.0. The molecule has 1 N–H and O–H groups in total. The number of pyridine rings is 1. The molecule has 0 spiro atoms. The number of guanidine groups is 1. The molecule has 2 heterocycles. The molecule has 1 saturated heterocycles. The van der Waals surface area contributed by atoms with Gasteiger partial charge in [0.1, 0.15) is 6.10 Å². The van der Waals surface area contributed by atoms with E-state index in [-0.39, 0.29) is 24.0 Å². The van der Waals surface area contributed by atoms with E-state index in [1.165, 1.54) is 6.07 Å². The van der Waals surface area contributed by atoms with E-state index in [0.717, 1.165) is 17.7 Å². The van der Waals surface area contributed by atoms with E-state index in [0.29, 0.717) is 43.6 Å². The molecule has 10 heteroatoms. The first-order chi connectivity index (χ1) is 13.9. The van der Waals surface area contributed by atoms with Crippen molar-refractivity contribution in [2.75, 3.05) is 33.9 Å². The minimum atomic E-state index is -4.38. The maximum atomic E-state index is 13.0. The zero-order valence-electron chi connectivity index (χ0n) is 16.6. The third-order valence-corrected chi connectivity index (χ3v) is 4.62. The summed E-state index contributed by atoms with van der Waals surface area (Å²) in [6.07, 6.45) is -3.18. The van der Waals surface area contributed by atoms with Crippen LogP contribution in [0.4, 0.5) is 13.2 Å². The third-order valence-electron chi connectivity index (χ3n) is 4.62. The predicted molar refractivity (Wildman–Crippen MR) is 118 cm³/mol. The van der Waals surface area contributed by atoms with Gasteiger partial charge in [0.2, 0.25) is 5.88 Å². The molecule has 0 radical (unpaired) electrons. The Labute approximate surface area is 190 Å². The van der Waals surface area contributed by atoms with Crippen molar-refractivity contribution in [2.45, 2.75) is 18.8 Å². The van der Waals surface area contributed by atoms with Gasteiger partial charge in [-0.05, 0) is 29.3 Å². The molecule has 30 heavy (non-hydrogen) atoms. The van der Waals surface area contributed by atoms with Gasteiger partial charge >= 0.3 is 6.18 Å². The van der Waals surface area contributed by atoms with Crippen molar-refractivity contribution < 1.29 is 22.6 Å². The smallest absolute Gasteiger partial charge is 0.416 e. The van der Waals surface area contributed by atoms with Gasteiger partial charge in [0.05, 0.1) is 25.8 Å². The highest BCUT2D eigenvalue weighted by Gasteiger charge is 2.32. The zero-order chi connectivity index (χ0) is 20.9. The van der Waals surface area contributed by atoms with Crippen molar-refractivity contribution in [3.8, 4) is 5.88 Å². The van der Waals surface area contributed by atoms with Gasteiger partial charge in [0.15, 0.2) is 5.96 Å². The summed E-state index contributed by atoms with van der Waals surface area (Å²) in [5.74, 6) is 1.18. The second-order valence-electron chi connectivity index (χ2n) is 6.54. The summed E-state index contributed by atoms with van der Waals surface area (Å²) in [7, 11) is 3.23. The number of methoxy groups -OCH3 is 1. The van der Waals surface area contributed by atoms with Crippen LogP contribution in [0, 0.1) is 0 Å². The molecule has 164 valence electrons. The summed E-state index contributed by atoms with van der Waals surface area (Å²) in [5, 5.41) is 3.27. The Morgan fingerprint density at radius 3 is 2.83 bits per heavy atom. The van der Waals surface area contributed by atoms with Crippen LogP contribution in [-0.2, 0) is 17.5 Å². The molecule has 0 saturated carbocycles. The van der Waals surface area contributed by atoms with Crippen molar-refractivity contribution >= 4 is 29.9 Å². The molecule has 3 rings (SSSR count). The van der Waals surface area contributed by atoms with Gasteiger partial charge in [-0.15, -0.1) is 24.0 Å². The number of halogens is 4. The molecule has 1 unspecified atom stereocenters. The Hall–Kier alpha value is -2.08. The number of rotatable bonds is 4. The molecule has 1 aromatic heterocycles. The predicted octanol–water partition coefficient (Wildman–Crippen LogP) is 3.88. The lowest BCUT2D eigenvalue weighted by molar-refractivity contribution is -0.137. The van der Waals surface area contributed by atoms with Gasteiger partial charge in [0.25, 0.3) is 0 Å². The molecular formula is C20H24F3IN4O2. The van der Waals surface area contributed by atoms with Gasteiger partial charge in [-0.1, -0.05) is 12.1 Å². The molecule has 1 aliphatic rings. The summed E-state index contributed by atoms with van der Waals surface area (Å²) >= 11 is 0. The number of nitrogens with one attached hydrogen (secondary N) is 1. The number of nitrogens with zero attached hydrogens (tertiary/aromatic N) is 3. The molecule has 6 nitrogen and oxygen atoms in total. The maximum absolute atomic E-state index is 13.0. The van der Waals surface area contributed by atoms with Gasteiger partial charge in [-0.2, -0.15) is 13.2 Å². The highest BCUT2D eigenvalue weighted by Crippen LogP contribution is 2.32. The monoisotopic (exact) mass is 536 g/mol. The summed E-state index contributed by atoms with van der Waals surface area (Å²) in [4.78, 5) is 10.4. The fraction of sp³-hybridized carbons (Fsp3) is 0.400. The Morgan fingerprint density at radius 2 is 2.13 bits per heavy atom. The molecule has 1 atom stereocenters. The van der Waals surface area contributed by atoms with E-state index in [4.69, 9.17) is 9.47 Å². The normalized spacial score (nSPS) is 17.3. The third kappa shape index (κ3) is 6.21. The number of aromatic nitrogens is 1. The molecule has 0 bridgehead atoms. The fourth-order valence-corrected chi connectivity index (χ4v) is 3.14. The van der Waals surface area contributed by atoms with Crippen molar-refractivity contribution in [2.24, 2.45) is 4.99 Å². The van der Waals surface area contributed by atoms with E-state index in [1.54, 1.807) is 26.4 Å². The summed E-state index contributed by atoms with van der Waals surface area (Å²) < 4.78 is 49.9. The molecule has 1 fully saturated rings. The number of alkyl halides is 3. The SMILES string of the molecule is CN=C(NCc1ccnc(OC)c1)N1CCOC(c2cccc(C(F)(F)F)c2)C1.I. The first kappa shape index (κ1) is 24.2. The van der Waals surface area contributed by atoms with Gasteiger partial charge in [0, 0.05) is 32.4 Å². The van der Waals surface area contributed by atoms with Gasteiger partial charge < -0.3 is 19.7 Å². The number of hydrogen-bond donors (Lipinski definition) is 1. The Morgan fingerprint density at radius 1 is 1.33 bits per heavy atom. The lowest BCUT2D eigenvalue weighted by Crippen LogP contribution is -2.48. The fourth-order valence-electron chi connectivity index (χ4n) is 3.14. The van der Waals surface area contributed by atoms with E-state index >= 15 is 0 Å². The summed E-state index contributed by atoms with van der Waals surface area (Å²) in [6, 6.07) is 8.97. The molecule has 2 aromatic rings. The van der Waals surface area contributed by atoms with E-state index in [1.807, 2.05) is 17.0 Å². The lowest BCUT2D eigenvalue weighted by Gasteiger charge is -2.35. The zero-order valence-corrected chi connectivity index (χ0v) is 19.0. The van der Waals surface area contributed by atoms with Crippen LogP contribution in [0.1, 0.15) is 22.8 Å². The minimum Gasteiger partial charge on any atom is -0.481 e. The van der Waals surface area contributed by atoms with Gasteiger partial charge in [-0.25, -0.2) is 4.98 Å². The Balaban J connectivity index is 0.00000320. The van der Waals surface area contributed by atoms with Crippen molar-refractivity contribution in [3.63, 3.8) is 0 Å². The van der Waals surface area contributed by atoms with Crippen LogP contribution in [0.25, 0.3) is 0 Å². The van der Waals surface area contributed by atoms with Crippen LogP contribution in [0.3, 0.4) is 0 Å². The first-order valence-corrected chi connectivity index (χ1v) is 9.14. The highest BCUT2D eigenvalue weighted by atomic mass is 127. The van der Waals surface area contributed by atoms with Crippen molar-refractivity contribution in [1.82, 2.24) is 15.2 Å².